The first-order chi connectivity index (χ1) is 22.4. The highest BCUT2D eigenvalue weighted by Gasteiger charge is 2.51. The number of thiophene rings is 1. The van der Waals surface area contributed by atoms with Gasteiger partial charge < -0.3 is 19.3 Å². The Bertz CT molecular complexity index is 1790. The van der Waals surface area contributed by atoms with Crippen molar-refractivity contribution >= 4 is 54.9 Å². The molecule has 1 aromatic heterocycles. The number of ether oxygens (including phenoxy) is 2. The summed E-state index contributed by atoms with van der Waals surface area (Å²) >= 11 is 7.72. The molecule has 0 saturated carbocycles. The van der Waals surface area contributed by atoms with Gasteiger partial charge in [0.15, 0.2) is 0 Å². The fourth-order valence-electron chi connectivity index (χ4n) is 6.21. The molecular formula is C35H42ClN3O6S2. The van der Waals surface area contributed by atoms with E-state index in [-0.39, 0.29) is 50.0 Å². The van der Waals surface area contributed by atoms with E-state index in [0.29, 0.717) is 36.6 Å². The third-order valence-corrected chi connectivity index (χ3v) is 12.3. The lowest BCUT2D eigenvalue weighted by molar-refractivity contribution is -0.164. The van der Waals surface area contributed by atoms with Crippen molar-refractivity contribution in [2.24, 2.45) is 0 Å². The topological polar surface area (TPSA) is 96.5 Å². The Morgan fingerprint density at radius 2 is 1.79 bits per heavy atom. The second-order valence-electron chi connectivity index (χ2n) is 12.3. The fourth-order valence-corrected chi connectivity index (χ4v) is 8.46. The molecule has 1 aliphatic carbocycles. The summed E-state index contributed by atoms with van der Waals surface area (Å²) in [5.74, 6) is 1.00. The third-order valence-electron chi connectivity index (χ3n) is 9.17. The van der Waals surface area contributed by atoms with Gasteiger partial charge in [0.1, 0.15) is 11.3 Å². The number of benzene rings is 2. The van der Waals surface area contributed by atoms with Gasteiger partial charge in [-0.3, -0.25) is 9.59 Å². The minimum atomic E-state index is -3.64. The number of carbonyl (C=O) groups excluding carboxylic acids is 2. The van der Waals surface area contributed by atoms with Crippen LogP contribution in [0, 0.1) is 0 Å². The van der Waals surface area contributed by atoms with Gasteiger partial charge >= 0.3 is 0 Å². The molecule has 252 valence electrons. The number of amides is 2. The van der Waals surface area contributed by atoms with Gasteiger partial charge in [0.2, 0.25) is 21.8 Å². The molecule has 1 unspecified atom stereocenters. The van der Waals surface area contributed by atoms with Crippen molar-refractivity contribution in [2.75, 3.05) is 46.7 Å². The molecule has 1 saturated heterocycles. The average molecular weight is 700 g/mol. The third kappa shape index (κ3) is 7.85. The summed E-state index contributed by atoms with van der Waals surface area (Å²) in [5, 5.41) is 3.66. The molecule has 0 spiro atoms. The monoisotopic (exact) mass is 699 g/mol. The van der Waals surface area contributed by atoms with Gasteiger partial charge in [0.25, 0.3) is 0 Å². The summed E-state index contributed by atoms with van der Waals surface area (Å²) in [6.07, 6.45) is 4.12. The number of fused-ring (bicyclic) bond motifs is 1. The van der Waals surface area contributed by atoms with E-state index in [1.807, 2.05) is 48.7 Å². The zero-order chi connectivity index (χ0) is 33.8. The van der Waals surface area contributed by atoms with Crippen LogP contribution < -0.4 is 0 Å². The van der Waals surface area contributed by atoms with Crippen LogP contribution in [0.3, 0.4) is 0 Å². The maximum atomic E-state index is 14.2. The van der Waals surface area contributed by atoms with Gasteiger partial charge in [-0.05, 0) is 71.9 Å². The zero-order valence-electron chi connectivity index (χ0n) is 27.3. The van der Waals surface area contributed by atoms with Gasteiger partial charge in [-0.2, -0.15) is 0 Å². The number of halogens is 1. The van der Waals surface area contributed by atoms with Crippen LogP contribution in [-0.2, 0) is 42.1 Å². The Kier molecular flexibility index (Phi) is 11.0. The van der Waals surface area contributed by atoms with Crippen molar-refractivity contribution in [3.63, 3.8) is 0 Å². The van der Waals surface area contributed by atoms with Gasteiger partial charge in [-0.1, -0.05) is 41.9 Å². The van der Waals surface area contributed by atoms with Crippen molar-refractivity contribution in [1.82, 2.24) is 14.1 Å². The number of nitrogens with zero attached hydrogens (tertiary/aromatic N) is 3. The number of sulfonamides is 1. The van der Waals surface area contributed by atoms with E-state index in [1.165, 1.54) is 4.31 Å². The summed E-state index contributed by atoms with van der Waals surface area (Å²) in [6, 6.07) is 15.3. The Labute approximate surface area is 286 Å². The molecule has 2 amide bonds. The van der Waals surface area contributed by atoms with E-state index in [4.69, 9.17) is 21.1 Å². The van der Waals surface area contributed by atoms with Crippen molar-refractivity contribution < 1.29 is 27.5 Å². The van der Waals surface area contributed by atoms with Crippen molar-refractivity contribution in [2.45, 2.75) is 51.1 Å². The van der Waals surface area contributed by atoms with Crippen LogP contribution in [0.4, 0.5) is 0 Å². The predicted molar refractivity (Wildman–Crippen MR) is 187 cm³/mol. The normalized spacial score (nSPS) is 18.3. The van der Waals surface area contributed by atoms with Gasteiger partial charge in [0.05, 0.1) is 32.2 Å². The molecule has 0 radical (unpaired) electrons. The maximum Gasteiger partial charge on any atom is 0.248 e. The lowest BCUT2D eigenvalue weighted by Gasteiger charge is -2.51. The molecule has 1 atom stereocenters. The number of likely N-dealkylation sites (N-methyl/N-ethyl adjacent to an activating group) is 1. The van der Waals surface area contributed by atoms with Crippen molar-refractivity contribution in [3.05, 3.63) is 93.2 Å². The van der Waals surface area contributed by atoms with Crippen molar-refractivity contribution in [1.29, 1.82) is 0 Å². The largest absolute Gasteiger partial charge is 0.501 e. The van der Waals surface area contributed by atoms with E-state index in [0.717, 1.165) is 32.5 Å². The molecule has 5 rings (SSSR count). The van der Waals surface area contributed by atoms with E-state index in [1.54, 1.807) is 60.6 Å². The summed E-state index contributed by atoms with van der Waals surface area (Å²) in [7, 11) is 1.10. The molecule has 9 nitrogen and oxygen atoms in total. The van der Waals surface area contributed by atoms with E-state index in [2.05, 4.69) is 0 Å². The molecule has 2 aliphatic rings. The van der Waals surface area contributed by atoms with Crippen molar-refractivity contribution in [3.8, 4) is 0 Å². The van der Waals surface area contributed by atoms with Crippen LogP contribution in [0.5, 0.6) is 0 Å². The Balaban J connectivity index is 1.27. The molecule has 2 aromatic carbocycles. The summed E-state index contributed by atoms with van der Waals surface area (Å²) in [5.41, 5.74) is 1.70. The molecule has 12 heteroatoms. The van der Waals surface area contributed by atoms with Crippen LogP contribution >= 0.6 is 22.9 Å². The summed E-state index contributed by atoms with van der Waals surface area (Å²) < 4.78 is 40.0. The molecule has 47 heavy (non-hydrogen) atoms. The standard InChI is InChI=1S/C35H42ClN3O6S2/c1-35(16-18-39(35)33(40)20-27-24-46-32-9-6-5-8-30(27)32)34(41)38(22-25-10-13-28(36)14-11-25)17-7-19-47(42,43)37(2)23-26-12-15-29(44-3)21-31(26)45-4/h5-6,8-11,13-14,21,24H,7,12,15-20,22-23H2,1-4H3. The fraction of sp³-hybridized carbons (Fsp3) is 0.429. The smallest absolute Gasteiger partial charge is 0.248 e. The highest BCUT2D eigenvalue weighted by Crippen LogP contribution is 2.35. The molecular weight excluding hydrogens is 658 g/mol. The van der Waals surface area contributed by atoms with Crippen LogP contribution in [0.25, 0.3) is 10.1 Å². The number of carbonyl (C=O) groups is 2. The second kappa shape index (κ2) is 14.8. The predicted octanol–water partition coefficient (Wildman–Crippen LogP) is 5.99. The first-order valence-electron chi connectivity index (χ1n) is 15.7. The van der Waals surface area contributed by atoms with Crippen LogP contribution in [0.2, 0.25) is 5.02 Å². The highest BCUT2D eigenvalue weighted by molar-refractivity contribution is 7.89. The molecule has 2 heterocycles. The molecule has 0 N–H and O–H groups in total. The number of hydrogen-bond donors (Lipinski definition) is 0. The Morgan fingerprint density at radius 1 is 1.04 bits per heavy atom. The lowest BCUT2D eigenvalue weighted by atomic mass is 9.84. The number of hydrogen-bond acceptors (Lipinski definition) is 7. The van der Waals surface area contributed by atoms with Crippen LogP contribution in [-0.4, -0.2) is 86.5 Å². The number of likely N-dealkylation sites (tertiary alicyclic amines) is 1. The minimum absolute atomic E-state index is 0.0915. The van der Waals surface area contributed by atoms with E-state index in [9.17, 15) is 18.0 Å². The number of rotatable bonds is 14. The zero-order valence-corrected chi connectivity index (χ0v) is 29.7. The lowest BCUT2D eigenvalue weighted by Crippen LogP contribution is -2.68. The first-order valence-corrected chi connectivity index (χ1v) is 18.6. The summed E-state index contributed by atoms with van der Waals surface area (Å²) in [4.78, 5) is 31.2. The van der Waals surface area contributed by atoms with E-state index >= 15 is 0 Å². The second-order valence-corrected chi connectivity index (χ2v) is 15.8. The van der Waals surface area contributed by atoms with Crippen LogP contribution in [0.1, 0.15) is 43.7 Å². The van der Waals surface area contributed by atoms with Crippen LogP contribution in [0.15, 0.2) is 77.1 Å². The van der Waals surface area contributed by atoms with Gasteiger partial charge in [-0.25, -0.2) is 12.7 Å². The molecule has 1 fully saturated rings. The number of allylic oxidation sites excluding steroid dienone is 2. The number of methoxy groups -OCH3 is 2. The Hall–Kier alpha value is -3.38. The molecule has 3 aromatic rings. The molecule has 1 aliphatic heterocycles. The highest BCUT2D eigenvalue weighted by atomic mass is 35.5. The quantitative estimate of drug-likeness (QED) is 0.205. The summed E-state index contributed by atoms with van der Waals surface area (Å²) in [6.45, 7) is 3.01. The molecule has 0 bridgehead atoms. The SMILES string of the molecule is COC1=CC(OC)=C(CN(C)S(=O)(=O)CCCN(Cc2ccc(Cl)cc2)C(=O)C2(C)CCN2C(=O)Cc2csc3ccccc23)CC1. The van der Waals surface area contributed by atoms with E-state index < -0.39 is 15.6 Å². The maximum absolute atomic E-state index is 14.2. The van der Waals surface area contributed by atoms with Gasteiger partial charge in [-0.15, -0.1) is 11.3 Å². The first kappa shape index (κ1) is 34.9. The Morgan fingerprint density at radius 3 is 2.47 bits per heavy atom. The van der Waals surface area contributed by atoms with Gasteiger partial charge in [0, 0.05) is 55.4 Å². The average Bonchev–Trinajstić information content (AvgIpc) is 3.46. The minimum Gasteiger partial charge on any atom is -0.501 e.